The number of thioether (sulfide) groups is 1. The van der Waals surface area contributed by atoms with Gasteiger partial charge in [-0.05, 0) is 26.7 Å². The van der Waals surface area contributed by atoms with Crippen molar-refractivity contribution in [3.8, 4) is 23.5 Å². The molecule has 4 N–H and O–H groups in total. The van der Waals surface area contributed by atoms with Crippen molar-refractivity contribution < 1.29 is 20.4 Å². The summed E-state index contributed by atoms with van der Waals surface area (Å²) in [5.74, 6) is 1.15. The van der Waals surface area contributed by atoms with Gasteiger partial charge in [0.1, 0.15) is 0 Å². The molecular weight excluding hydrogens is 411 g/mol. The minimum atomic E-state index is -0.629. The van der Waals surface area contributed by atoms with Gasteiger partial charge in [0.25, 0.3) is 0 Å². The van der Waals surface area contributed by atoms with Crippen LogP contribution in [0.4, 0.5) is 0 Å². The first-order chi connectivity index (χ1) is 12.3. The lowest BCUT2D eigenvalue weighted by molar-refractivity contribution is 0.383. The number of alkyl halides is 2. The molecule has 2 rings (SSSR count). The third kappa shape index (κ3) is 5.36. The van der Waals surface area contributed by atoms with E-state index in [0.717, 1.165) is 0 Å². The van der Waals surface area contributed by atoms with Crippen LogP contribution < -0.4 is 0 Å². The van der Waals surface area contributed by atoms with Crippen molar-refractivity contribution in [3.05, 3.63) is 23.3 Å². The molecule has 152 valence electrons. The first kappa shape index (κ1) is 22.0. The standard InChI is InChI=1S/C18H26Cl2N2O4S/c1-17(19,7-11-5-13(23)21(3)15(11)25)9-27-10-18(2,20)8-12-6-14(24)22(4)16(12)26/h5-6,23-26H,7-10H2,1-4H3. The highest BCUT2D eigenvalue weighted by Crippen LogP contribution is 2.36. The number of hydrogen-bond acceptors (Lipinski definition) is 5. The molecule has 2 aromatic rings. The van der Waals surface area contributed by atoms with E-state index in [4.69, 9.17) is 23.2 Å². The van der Waals surface area contributed by atoms with Crippen LogP contribution in [0.15, 0.2) is 12.1 Å². The summed E-state index contributed by atoms with van der Waals surface area (Å²) < 4.78 is 2.60. The van der Waals surface area contributed by atoms with E-state index in [0.29, 0.717) is 35.5 Å². The summed E-state index contributed by atoms with van der Waals surface area (Å²) in [7, 11) is 3.15. The van der Waals surface area contributed by atoms with Gasteiger partial charge < -0.3 is 20.4 Å². The third-order valence-corrected chi connectivity index (χ3v) is 6.96. The van der Waals surface area contributed by atoms with Gasteiger partial charge in [-0.2, -0.15) is 11.8 Å². The molecule has 2 heterocycles. The highest BCUT2D eigenvalue weighted by molar-refractivity contribution is 7.99. The number of rotatable bonds is 8. The van der Waals surface area contributed by atoms with E-state index in [2.05, 4.69) is 0 Å². The minimum absolute atomic E-state index is 0.00548. The molecule has 6 nitrogen and oxygen atoms in total. The van der Waals surface area contributed by atoms with Crippen LogP contribution in [0.3, 0.4) is 0 Å². The maximum Gasteiger partial charge on any atom is 0.196 e. The average molecular weight is 437 g/mol. The van der Waals surface area contributed by atoms with Gasteiger partial charge >= 0.3 is 0 Å². The molecule has 0 aliphatic heterocycles. The molecule has 0 aromatic carbocycles. The largest absolute Gasteiger partial charge is 0.494 e. The Bertz CT molecular complexity index is 749. The first-order valence-electron chi connectivity index (χ1n) is 8.41. The summed E-state index contributed by atoms with van der Waals surface area (Å²) in [6.45, 7) is 3.75. The molecule has 2 unspecified atom stereocenters. The van der Waals surface area contributed by atoms with Crippen molar-refractivity contribution in [2.75, 3.05) is 11.5 Å². The van der Waals surface area contributed by atoms with Gasteiger partial charge in [-0.1, -0.05) is 0 Å². The molecule has 0 amide bonds. The molecule has 0 saturated heterocycles. The molecule has 0 fully saturated rings. The van der Waals surface area contributed by atoms with Crippen LogP contribution in [0.2, 0.25) is 0 Å². The van der Waals surface area contributed by atoms with Crippen molar-refractivity contribution in [1.82, 2.24) is 9.13 Å². The van der Waals surface area contributed by atoms with Gasteiger partial charge in [-0.3, -0.25) is 9.13 Å². The molecule has 27 heavy (non-hydrogen) atoms. The Hall–Kier alpha value is -1.31. The lowest BCUT2D eigenvalue weighted by Crippen LogP contribution is -2.28. The predicted molar refractivity (Wildman–Crippen MR) is 111 cm³/mol. The maximum atomic E-state index is 10.0. The number of nitrogens with zero attached hydrogens (tertiary/aromatic N) is 2. The number of aromatic hydroxyl groups is 4. The van der Waals surface area contributed by atoms with Crippen molar-refractivity contribution in [2.24, 2.45) is 14.1 Å². The average Bonchev–Trinajstić information content (AvgIpc) is 2.91. The van der Waals surface area contributed by atoms with Crippen LogP contribution >= 0.6 is 35.0 Å². The third-order valence-electron chi connectivity index (χ3n) is 4.43. The van der Waals surface area contributed by atoms with Crippen LogP contribution in [0.5, 0.6) is 23.5 Å². The molecular formula is C18H26Cl2N2O4S. The highest BCUT2D eigenvalue weighted by atomic mass is 35.5. The van der Waals surface area contributed by atoms with Gasteiger partial charge in [0.05, 0.1) is 9.75 Å². The molecule has 0 saturated carbocycles. The zero-order valence-electron chi connectivity index (χ0n) is 15.8. The molecule has 0 aliphatic carbocycles. The number of hydrogen-bond donors (Lipinski definition) is 4. The van der Waals surface area contributed by atoms with E-state index in [1.165, 1.54) is 21.3 Å². The van der Waals surface area contributed by atoms with Gasteiger partial charge in [0.15, 0.2) is 23.5 Å². The summed E-state index contributed by atoms with van der Waals surface area (Å²) >= 11 is 14.8. The van der Waals surface area contributed by atoms with Gasteiger partial charge in [0, 0.05) is 48.9 Å². The molecule has 9 heteroatoms. The second kappa shape index (κ2) is 7.97. The zero-order chi connectivity index (χ0) is 20.6. The lowest BCUT2D eigenvalue weighted by atomic mass is 10.0. The second-order valence-electron chi connectivity index (χ2n) is 7.49. The quantitative estimate of drug-likeness (QED) is 0.473. The molecule has 2 atom stereocenters. The van der Waals surface area contributed by atoms with Gasteiger partial charge in [0.2, 0.25) is 0 Å². The predicted octanol–water partition coefficient (Wildman–Crippen LogP) is 3.70. The smallest absolute Gasteiger partial charge is 0.196 e. The highest BCUT2D eigenvalue weighted by Gasteiger charge is 2.29. The van der Waals surface area contributed by atoms with E-state index in [-0.39, 0.29) is 23.5 Å². The van der Waals surface area contributed by atoms with Gasteiger partial charge in [-0.25, -0.2) is 0 Å². The normalized spacial score (nSPS) is 16.2. The maximum absolute atomic E-state index is 10.0. The van der Waals surface area contributed by atoms with E-state index in [1.807, 2.05) is 13.8 Å². The number of halogens is 2. The van der Waals surface area contributed by atoms with Crippen LogP contribution in [0, 0.1) is 0 Å². The van der Waals surface area contributed by atoms with Crippen molar-refractivity contribution in [2.45, 2.75) is 36.4 Å². The van der Waals surface area contributed by atoms with Crippen LogP contribution in [0.25, 0.3) is 0 Å². The molecule has 0 spiro atoms. The van der Waals surface area contributed by atoms with Crippen molar-refractivity contribution in [3.63, 3.8) is 0 Å². The Morgan fingerprint density at radius 3 is 1.41 bits per heavy atom. The monoisotopic (exact) mass is 436 g/mol. The summed E-state index contributed by atoms with van der Waals surface area (Å²) in [4.78, 5) is -1.26. The first-order valence-corrected chi connectivity index (χ1v) is 10.3. The van der Waals surface area contributed by atoms with Crippen LogP contribution in [-0.4, -0.2) is 50.8 Å². The Morgan fingerprint density at radius 1 is 0.815 bits per heavy atom. The summed E-state index contributed by atoms with van der Waals surface area (Å²) in [5.41, 5.74) is 1.18. The fraction of sp³-hybridized carbons (Fsp3) is 0.556. The fourth-order valence-electron chi connectivity index (χ4n) is 2.92. The molecule has 0 aliphatic rings. The Morgan fingerprint density at radius 2 is 1.15 bits per heavy atom. The molecule has 0 bridgehead atoms. The van der Waals surface area contributed by atoms with Crippen LogP contribution in [0.1, 0.15) is 25.0 Å². The number of aromatic nitrogens is 2. The fourth-order valence-corrected chi connectivity index (χ4v) is 4.82. The molecule has 0 radical (unpaired) electrons. The molecule has 2 aromatic heterocycles. The van der Waals surface area contributed by atoms with E-state index in [1.54, 1.807) is 25.9 Å². The lowest BCUT2D eigenvalue weighted by Gasteiger charge is -2.25. The van der Waals surface area contributed by atoms with Crippen molar-refractivity contribution in [1.29, 1.82) is 0 Å². The van der Waals surface area contributed by atoms with Crippen LogP contribution in [-0.2, 0) is 26.9 Å². The second-order valence-corrected chi connectivity index (χ2v) is 10.3. The van der Waals surface area contributed by atoms with E-state index < -0.39 is 9.75 Å². The van der Waals surface area contributed by atoms with E-state index >= 15 is 0 Å². The Labute approximate surface area is 173 Å². The van der Waals surface area contributed by atoms with E-state index in [9.17, 15) is 20.4 Å². The summed E-state index contributed by atoms with van der Waals surface area (Å²) in [6.07, 6.45) is 0.794. The summed E-state index contributed by atoms with van der Waals surface area (Å²) in [5, 5.41) is 39.4. The van der Waals surface area contributed by atoms with Gasteiger partial charge in [-0.15, -0.1) is 23.2 Å². The SMILES string of the molecule is Cn1c(O)cc(CC(C)(Cl)CSCC(C)(Cl)Cc2cc(O)n(C)c2O)c1O. The summed E-state index contributed by atoms with van der Waals surface area (Å²) in [6, 6.07) is 3.02. The zero-order valence-corrected chi connectivity index (χ0v) is 18.2. The van der Waals surface area contributed by atoms with Crippen molar-refractivity contribution >= 4 is 35.0 Å². The topological polar surface area (TPSA) is 90.8 Å². The Kier molecular flexibility index (Phi) is 6.49. The Balaban J connectivity index is 1.92. The minimum Gasteiger partial charge on any atom is -0.494 e.